The Morgan fingerprint density at radius 3 is 1.77 bits per heavy atom. The van der Waals surface area contributed by atoms with E-state index < -0.39 is 6.10 Å². The van der Waals surface area contributed by atoms with Gasteiger partial charge in [0.1, 0.15) is 6.10 Å². The largest absolute Gasteiger partial charge is 0.384 e. The molecule has 5 heterocycles. The zero-order chi connectivity index (χ0) is 35.8. The third-order valence-electron chi connectivity index (χ3n) is 8.48. The van der Waals surface area contributed by atoms with Crippen molar-refractivity contribution >= 4 is 36.3 Å². The van der Waals surface area contributed by atoms with E-state index in [2.05, 4.69) is 45.2 Å². The topological polar surface area (TPSA) is 157 Å². The van der Waals surface area contributed by atoms with Crippen LogP contribution in [0.15, 0.2) is 24.3 Å². The van der Waals surface area contributed by atoms with Gasteiger partial charge in [0.2, 0.25) is 0 Å². The molecule has 14 heteroatoms. The molecule has 6 rings (SSSR count). The molecule has 47 heavy (non-hydrogen) atoms. The molecular formula is C33H56N2O11S. The molecule has 0 aromatic rings. The molecule has 1 saturated carbocycles. The van der Waals surface area contributed by atoms with Crippen LogP contribution in [0.4, 0.5) is 0 Å². The zero-order valence-electron chi connectivity index (χ0n) is 29.4. The number of thiol groups is 1. The summed E-state index contributed by atoms with van der Waals surface area (Å²) >= 11 is 3.53. The minimum Gasteiger partial charge on any atom is -0.384 e. The van der Waals surface area contributed by atoms with Gasteiger partial charge in [-0.15, -0.1) is 0 Å². The summed E-state index contributed by atoms with van der Waals surface area (Å²) in [4.78, 5) is 48.6. The molecule has 0 aromatic carbocycles. The summed E-state index contributed by atoms with van der Waals surface area (Å²) in [6.45, 7) is 13.6. The highest BCUT2D eigenvalue weighted by molar-refractivity contribution is 7.79. The Labute approximate surface area is 285 Å². The van der Waals surface area contributed by atoms with E-state index in [1.807, 2.05) is 0 Å². The number of imide groups is 2. The van der Waals surface area contributed by atoms with Crippen molar-refractivity contribution in [2.24, 2.45) is 11.3 Å². The molecule has 6 aliphatic rings. The van der Waals surface area contributed by atoms with Crippen molar-refractivity contribution in [3.8, 4) is 0 Å². The number of epoxide rings is 2. The Hall–Kier alpha value is -2.17. The second-order valence-electron chi connectivity index (χ2n) is 12.6. The Bertz CT molecular complexity index is 1020. The molecule has 5 unspecified atom stereocenters. The molecule has 13 nitrogen and oxygen atoms in total. The van der Waals surface area contributed by atoms with Gasteiger partial charge < -0.3 is 23.7 Å². The summed E-state index contributed by atoms with van der Waals surface area (Å²) in [7, 11) is 4.97. The van der Waals surface area contributed by atoms with Crippen molar-refractivity contribution in [2.75, 3.05) is 60.5 Å². The number of amides is 4. The number of hydrogen-bond donors (Lipinski definition) is 2. The van der Waals surface area contributed by atoms with E-state index in [-0.39, 0.29) is 35.8 Å². The van der Waals surface area contributed by atoms with Crippen molar-refractivity contribution in [2.45, 2.75) is 90.3 Å². The molecule has 3 saturated heterocycles. The summed E-state index contributed by atoms with van der Waals surface area (Å²) in [6, 6.07) is 0. The van der Waals surface area contributed by atoms with Crippen LogP contribution in [-0.4, -0.2) is 129 Å². The average Bonchev–Trinajstić information content (AvgIpc) is 3.87. The van der Waals surface area contributed by atoms with Gasteiger partial charge in [-0.1, -0.05) is 6.92 Å². The van der Waals surface area contributed by atoms with E-state index in [9.17, 15) is 19.2 Å². The molecule has 4 amide bonds. The molecule has 270 valence electrons. The SMILES string of the molecule is CC(CN1C(=O)C=CC1=O)OO.CC1OC1(C)C.CCC1(COC)COC1.CN1C(=O)C=CC1=O.COCC1CCC2OC2C1.CS. The van der Waals surface area contributed by atoms with Crippen LogP contribution in [-0.2, 0) is 47.8 Å². The molecule has 4 fully saturated rings. The smallest absolute Gasteiger partial charge is 0.253 e. The maximum Gasteiger partial charge on any atom is 0.253 e. The number of ether oxygens (including phenoxy) is 5. The van der Waals surface area contributed by atoms with E-state index in [1.54, 1.807) is 27.4 Å². The van der Waals surface area contributed by atoms with Crippen molar-refractivity contribution in [1.82, 2.24) is 9.80 Å². The van der Waals surface area contributed by atoms with Crippen molar-refractivity contribution < 1.29 is 53.0 Å². The first-order chi connectivity index (χ1) is 22.2. The third-order valence-corrected chi connectivity index (χ3v) is 8.48. The number of nitrogens with zero attached hydrogens (tertiary/aromatic N) is 2. The van der Waals surface area contributed by atoms with Gasteiger partial charge in [-0.3, -0.25) is 34.2 Å². The highest BCUT2D eigenvalue weighted by atomic mass is 32.1. The molecule has 5 atom stereocenters. The number of methoxy groups -OCH3 is 2. The van der Waals surface area contributed by atoms with Crippen molar-refractivity contribution in [3.05, 3.63) is 24.3 Å². The number of fused-ring (bicyclic) bond motifs is 1. The average molecular weight is 689 g/mol. The van der Waals surface area contributed by atoms with Gasteiger partial charge in [0, 0.05) is 57.6 Å². The van der Waals surface area contributed by atoms with Crippen molar-refractivity contribution in [3.63, 3.8) is 0 Å². The second kappa shape index (κ2) is 21.0. The Morgan fingerprint density at radius 2 is 1.47 bits per heavy atom. The maximum absolute atomic E-state index is 10.9. The van der Waals surface area contributed by atoms with E-state index in [4.69, 9.17) is 28.9 Å². The van der Waals surface area contributed by atoms with Gasteiger partial charge in [-0.05, 0) is 65.6 Å². The number of carbonyl (C=O) groups is 4. The lowest BCUT2D eigenvalue weighted by atomic mass is 9.84. The molecule has 5 aliphatic heterocycles. The fraction of sp³-hybridized carbons (Fsp3) is 0.758. The normalized spacial score (nSPS) is 27.1. The van der Waals surface area contributed by atoms with Crippen LogP contribution >= 0.6 is 12.6 Å². The molecule has 0 bridgehead atoms. The van der Waals surface area contributed by atoms with Gasteiger partial charge in [0.15, 0.2) is 0 Å². The third kappa shape index (κ3) is 14.9. The summed E-state index contributed by atoms with van der Waals surface area (Å²) in [5, 5.41) is 8.20. The van der Waals surface area contributed by atoms with E-state index >= 15 is 0 Å². The van der Waals surface area contributed by atoms with Crippen LogP contribution < -0.4 is 0 Å². The maximum atomic E-state index is 10.9. The van der Waals surface area contributed by atoms with E-state index in [1.165, 1.54) is 57.0 Å². The summed E-state index contributed by atoms with van der Waals surface area (Å²) in [6.07, 6.45) is 12.7. The zero-order valence-corrected chi connectivity index (χ0v) is 30.3. The lowest BCUT2D eigenvalue weighted by Crippen LogP contribution is -2.45. The standard InChI is InChI=1S/C8H14O2.C7H9NO4.C7H14O2.C5H5NO2.C5H10O.CH4S/c1-9-5-6-2-3-7-8(4-6)10-7;1-5(12-11)4-8-6(9)2-3-7(8)10;1-3-7(4-8-2)5-9-6-7;1-6-4(7)2-3-5(6)8;1-4-5(2,3)6-4;1-2/h6-8H,2-5H2,1H3;2-3,5,11H,4H2,1H3;3-6H2,1-2H3;2-3H,1H3;4H,1-3H3;2H,1H3. The number of carbonyl (C=O) groups excluding carboxylic acids is 4. The molecule has 0 spiro atoms. The fourth-order valence-corrected chi connectivity index (χ4v) is 4.76. The first kappa shape index (κ1) is 42.9. The van der Waals surface area contributed by atoms with Crippen molar-refractivity contribution in [1.29, 1.82) is 0 Å². The summed E-state index contributed by atoms with van der Waals surface area (Å²) in [5.74, 6) is -0.452. The molecular weight excluding hydrogens is 632 g/mol. The number of rotatable bonds is 8. The fourth-order valence-electron chi connectivity index (χ4n) is 4.76. The van der Waals surface area contributed by atoms with Crippen LogP contribution in [0.3, 0.4) is 0 Å². The number of likely N-dealkylation sites (N-methyl/N-ethyl adjacent to an activating group) is 1. The molecule has 0 aromatic heterocycles. The van der Waals surface area contributed by atoms with Crippen LogP contribution in [0.25, 0.3) is 0 Å². The Kier molecular flexibility index (Phi) is 19.2. The quantitative estimate of drug-likeness (QED) is 0.127. The van der Waals surface area contributed by atoms with Gasteiger partial charge in [0.05, 0.1) is 50.3 Å². The lowest BCUT2D eigenvalue weighted by molar-refractivity contribution is -0.275. The summed E-state index contributed by atoms with van der Waals surface area (Å²) in [5.41, 5.74) is 0.578. The van der Waals surface area contributed by atoms with Gasteiger partial charge in [0.25, 0.3) is 23.6 Å². The van der Waals surface area contributed by atoms with Crippen LogP contribution in [0.5, 0.6) is 0 Å². The summed E-state index contributed by atoms with van der Waals surface area (Å²) < 4.78 is 25.8. The highest BCUT2D eigenvalue weighted by Crippen LogP contribution is 2.39. The molecule has 1 aliphatic carbocycles. The monoisotopic (exact) mass is 688 g/mol. The Balaban J connectivity index is 0.000000294. The predicted octanol–water partition coefficient (Wildman–Crippen LogP) is 3.32. The number of hydrogen-bond acceptors (Lipinski definition) is 12. The molecule has 0 radical (unpaired) electrons. The van der Waals surface area contributed by atoms with Gasteiger partial charge in [-0.25, -0.2) is 4.89 Å². The first-order valence-electron chi connectivity index (χ1n) is 15.9. The highest BCUT2D eigenvalue weighted by Gasteiger charge is 2.44. The predicted molar refractivity (Wildman–Crippen MR) is 179 cm³/mol. The lowest BCUT2D eigenvalue weighted by Gasteiger charge is -2.39. The molecule has 1 N–H and O–H groups in total. The van der Waals surface area contributed by atoms with Gasteiger partial charge in [-0.2, -0.15) is 12.6 Å². The minimum atomic E-state index is -0.558. The van der Waals surface area contributed by atoms with E-state index in [0.29, 0.717) is 23.7 Å². The Morgan fingerprint density at radius 1 is 0.957 bits per heavy atom. The second-order valence-corrected chi connectivity index (χ2v) is 12.6. The van der Waals surface area contributed by atoms with E-state index in [0.717, 1.165) is 42.1 Å². The van der Waals surface area contributed by atoms with Gasteiger partial charge >= 0.3 is 0 Å². The van der Waals surface area contributed by atoms with Crippen LogP contribution in [0.2, 0.25) is 0 Å². The van der Waals surface area contributed by atoms with Crippen LogP contribution in [0.1, 0.15) is 60.3 Å². The first-order valence-corrected chi connectivity index (χ1v) is 16.8. The van der Waals surface area contributed by atoms with Crippen LogP contribution in [0, 0.1) is 11.3 Å². The minimum absolute atomic E-state index is 0.0706.